The van der Waals surface area contributed by atoms with Gasteiger partial charge in [0.15, 0.2) is 5.65 Å². The topological polar surface area (TPSA) is 92.8 Å². The lowest BCUT2D eigenvalue weighted by Gasteiger charge is -2.10. The SMILES string of the molecule is CCOc1ccccc1NC(=O)CSc1nnc2c(n1)[nH]c1ccc(C(C)C)cc12. The quantitative estimate of drug-likeness (QED) is 0.418. The number of nitrogens with one attached hydrogen (secondary N) is 2. The zero-order valence-electron chi connectivity index (χ0n) is 17.1. The van der Waals surface area contributed by atoms with Crippen LogP contribution >= 0.6 is 11.8 Å². The number of hydrogen-bond acceptors (Lipinski definition) is 6. The third-order valence-corrected chi connectivity index (χ3v) is 5.52. The van der Waals surface area contributed by atoms with Gasteiger partial charge < -0.3 is 15.0 Å². The summed E-state index contributed by atoms with van der Waals surface area (Å²) in [7, 11) is 0. The number of ether oxygens (including phenoxy) is 1. The van der Waals surface area contributed by atoms with Crippen LogP contribution in [0.3, 0.4) is 0 Å². The van der Waals surface area contributed by atoms with Gasteiger partial charge in [-0.05, 0) is 42.7 Å². The highest BCUT2D eigenvalue weighted by Crippen LogP contribution is 2.27. The molecule has 0 spiro atoms. The number of H-pyrrole nitrogens is 1. The van der Waals surface area contributed by atoms with Crippen molar-refractivity contribution in [2.75, 3.05) is 17.7 Å². The Hall–Kier alpha value is -3.13. The second-order valence-electron chi connectivity index (χ2n) is 7.14. The summed E-state index contributed by atoms with van der Waals surface area (Å²) in [5.41, 5.74) is 4.28. The van der Waals surface area contributed by atoms with Crippen molar-refractivity contribution >= 4 is 45.4 Å². The van der Waals surface area contributed by atoms with Crippen molar-refractivity contribution in [2.24, 2.45) is 0 Å². The summed E-state index contributed by atoms with van der Waals surface area (Å²) in [6.45, 7) is 6.76. The van der Waals surface area contributed by atoms with Crippen LogP contribution in [0, 0.1) is 0 Å². The molecule has 2 N–H and O–H groups in total. The summed E-state index contributed by atoms with van der Waals surface area (Å²) in [6, 6.07) is 13.6. The van der Waals surface area contributed by atoms with Crippen molar-refractivity contribution < 1.29 is 9.53 Å². The molecule has 0 aliphatic rings. The number of nitrogens with zero attached hydrogens (tertiary/aromatic N) is 3. The van der Waals surface area contributed by atoms with Gasteiger partial charge in [0, 0.05) is 10.9 Å². The molecule has 154 valence electrons. The number of fused-ring (bicyclic) bond motifs is 3. The standard InChI is InChI=1S/C22H23N5O2S/c1-4-29-18-8-6-5-7-17(18)23-19(28)12-30-22-25-21-20(26-27-22)15-11-14(13(2)3)9-10-16(15)24-21/h5-11,13H,4,12H2,1-3H3,(H,23,28)(H,24,25,27). The molecule has 2 heterocycles. The number of para-hydroxylation sites is 2. The molecule has 0 aliphatic carbocycles. The number of benzene rings is 2. The van der Waals surface area contributed by atoms with E-state index in [2.05, 4.69) is 51.5 Å². The fourth-order valence-corrected chi connectivity index (χ4v) is 3.75. The van der Waals surface area contributed by atoms with E-state index < -0.39 is 0 Å². The second kappa shape index (κ2) is 8.71. The molecular formula is C22H23N5O2S. The maximum atomic E-state index is 12.4. The number of carbonyl (C=O) groups excluding carboxylic acids is 1. The van der Waals surface area contributed by atoms with Crippen molar-refractivity contribution in [1.82, 2.24) is 20.2 Å². The maximum absolute atomic E-state index is 12.4. The average Bonchev–Trinajstić information content (AvgIpc) is 3.11. The molecule has 4 rings (SSSR count). The van der Waals surface area contributed by atoms with E-state index in [1.165, 1.54) is 17.3 Å². The van der Waals surface area contributed by atoms with Crippen LogP contribution in [0.25, 0.3) is 22.1 Å². The molecule has 8 heteroatoms. The van der Waals surface area contributed by atoms with Crippen molar-refractivity contribution in [3.8, 4) is 5.75 Å². The van der Waals surface area contributed by atoms with Crippen molar-refractivity contribution in [3.63, 3.8) is 0 Å². The molecule has 0 atom stereocenters. The van der Waals surface area contributed by atoms with Gasteiger partial charge in [-0.25, -0.2) is 4.98 Å². The fraction of sp³-hybridized carbons (Fsp3) is 0.273. The number of amides is 1. The molecule has 0 saturated heterocycles. The van der Waals surface area contributed by atoms with E-state index in [1.807, 2.05) is 37.3 Å². The maximum Gasteiger partial charge on any atom is 0.234 e. The number of rotatable bonds is 7. The van der Waals surface area contributed by atoms with Gasteiger partial charge >= 0.3 is 0 Å². The smallest absolute Gasteiger partial charge is 0.234 e. The van der Waals surface area contributed by atoms with Gasteiger partial charge in [-0.3, -0.25) is 4.79 Å². The van der Waals surface area contributed by atoms with E-state index in [-0.39, 0.29) is 11.7 Å². The Labute approximate surface area is 178 Å². The summed E-state index contributed by atoms with van der Waals surface area (Å²) >= 11 is 1.24. The largest absolute Gasteiger partial charge is 0.492 e. The molecule has 0 saturated carbocycles. The average molecular weight is 422 g/mol. The Morgan fingerprint density at radius 2 is 2.03 bits per heavy atom. The highest BCUT2D eigenvalue weighted by Gasteiger charge is 2.13. The van der Waals surface area contributed by atoms with E-state index in [0.717, 1.165) is 16.4 Å². The predicted octanol–water partition coefficient (Wildman–Crippen LogP) is 4.76. The number of anilines is 1. The Morgan fingerprint density at radius 1 is 1.20 bits per heavy atom. The van der Waals surface area contributed by atoms with Crippen LogP contribution in [0.15, 0.2) is 47.6 Å². The summed E-state index contributed by atoms with van der Waals surface area (Å²) in [5, 5.41) is 12.9. The Kier molecular flexibility index (Phi) is 5.85. The third-order valence-electron chi connectivity index (χ3n) is 4.68. The summed E-state index contributed by atoms with van der Waals surface area (Å²) in [5.74, 6) is 1.10. The highest BCUT2D eigenvalue weighted by atomic mass is 32.2. The minimum absolute atomic E-state index is 0.158. The first kappa shape index (κ1) is 20.2. The first-order valence-electron chi connectivity index (χ1n) is 9.85. The number of thioether (sulfide) groups is 1. The molecule has 0 bridgehead atoms. The fourth-order valence-electron chi connectivity index (χ4n) is 3.16. The third kappa shape index (κ3) is 4.23. The lowest BCUT2D eigenvalue weighted by molar-refractivity contribution is -0.113. The van der Waals surface area contributed by atoms with Gasteiger partial charge in [-0.15, -0.1) is 10.2 Å². The second-order valence-corrected chi connectivity index (χ2v) is 8.08. The molecule has 0 radical (unpaired) electrons. The normalized spacial score (nSPS) is 11.3. The first-order valence-corrected chi connectivity index (χ1v) is 10.8. The van der Waals surface area contributed by atoms with Gasteiger partial charge in [0.1, 0.15) is 11.3 Å². The Morgan fingerprint density at radius 3 is 2.83 bits per heavy atom. The molecule has 2 aromatic heterocycles. The number of carbonyl (C=O) groups is 1. The van der Waals surface area contributed by atoms with E-state index in [4.69, 9.17) is 4.74 Å². The van der Waals surface area contributed by atoms with Crippen LogP contribution in [-0.2, 0) is 4.79 Å². The zero-order valence-corrected chi connectivity index (χ0v) is 17.9. The van der Waals surface area contributed by atoms with Crippen LogP contribution in [0.4, 0.5) is 5.69 Å². The zero-order chi connectivity index (χ0) is 21.1. The molecule has 1 amide bonds. The molecule has 4 aromatic rings. The lowest BCUT2D eigenvalue weighted by Crippen LogP contribution is -2.15. The number of aromatic nitrogens is 4. The molecule has 7 nitrogen and oxygen atoms in total. The molecular weight excluding hydrogens is 398 g/mol. The molecule has 30 heavy (non-hydrogen) atoms. The van der Waals surface area contributed by atoms with E-state index >= 15 is 0 Å². The minimum atomic E-state index is -0.158. The molecule has 2 aromatic carbocycles. The van der Waals surface area contributed by atoms with E-state index in [0.29, 0.717) is 34.8 Å². The van der Waals surface area contributed by atoms with E-state index in [9.17, 15) is 4.79 Å². The first-order chi connectivity index (χ1) is 14.5. The number of hydrogen-bond donors (Lipinski definition) is 2. The summed E-state index contributed by atoms with van der Waals surface area (Å²) < 4.78 is 5.54. The van der Waals surface area contributed by atoms with Gasteiger partial charge in [0.25, 0.3) is 0 Å². The van der Waals surface area contributed by atoms with Gasteiger partial charge in [0.2, 0.25) is 11.1 Å². The van der Waals surface area contributed by atoms with Crippen molar-refractivity contribution in [2.45, 2.75) is 31.8 Å². The lowest BCUT2D eigenvalue weighted by atomic mass is 10.0. The van der Waals surface area contributed by atoms with Crippen molar-refractivity contribution in [1.29, 1.82) is 0 Å². The number of aromatic amines is 1. The summed E-state index contributed by atoms with van der Waals surface area (Å²) in [4.78, 5) is 20.2. The predicted molar refractivity (Wildman–Crippen MR) is 120 cm³/mol. The van der Waals surface area contributed by atoms with Gasteiger partial charge in [-0.1, -0.05) is 43.8 Å². The van der Waals surface area contributed by atoms with Crippen molar-refractivity contribution in [3.05, 3.63) is 48.0 Å². The van der Waals surface area contributed by atoms with Gasteiger partial charge in [0.05, 0.1) is 18.0 Å². The monoisotopic (exact) mass is 421 g/mol. The highest BCUT2D eigenvalue weighted by molar-refractivity contribution is 7.99. The van der Waals surface area contributed by atoms with Crippen LogP contribution in [-0.4, -0.2) is 38.4 Å². The molecule has 0 aliphatic heterocycles. The summed E-state index contributed by atoms with van der Waals surface area (Å²) in [6.07, 6.45) is 0. The van der Waals surface area contributed by atoms with Gasteiger partial charge in [-0.2, -0.15) is 0 Å². The van der Waals surface area contributed by atoms with Crippen LogP contribution in [0.5, 0.6) is 5.75 Å². The van der Waals surface area contributed by atoms with Crippen LogP contribution in [0.1, 0.15) is 32.3 Å². The Balaban J connectivity index is 1.48. The Bertz CT molecular complexity index is 1200. The molecule has 0 fully saturated rings. The van der Waals surface area contributed by atoms with Crippen LogP contribution in [0.2, 0.25) is 0 Å². The minimum Gasteiger partial charge on any atom is -0.492 e. The molecule has 0 unspecified atom stereocenters. The van der Waals surface area contributed by atoms with E-state index in [1.54, 1.807) is 0 Å². The van der Waals surface area contributed by atoms with Crippen LogP contribution < -0.4 is 10.1 Å².